The van der Waals surface area contributed by atoms with Crippen LogP contribution in [-0.2, 0) is 14.3 Å². The molecule has 6 heteroatoms. The van der Waals surface area contributed by atoms with Gasteiger partial charge in [0.25, 0.3) is 0 Å². The highest BCUT2D eigenvalue weighted by Crippen LogP contribution is 2.19. The monoisotopic (exact) mass is 1110 g/mol. The van der Waals surface area contributed by atoms with Crippen LogP contribution in [0.5, 0.6) is 0 Å². The van der Waals surface area contributed by atoms with Crippen molar-refractivity contribution in [2.24, 2.45) is 0 Å². The first-order valence-electron chi connectivity index (χ1n) is 36.1. The zero-order valence-electron chi connectivity index (χ0n) is 53.6. The fourth-order valence-electron chi connectivity index (χ4n) is 11.5. The summed E-state index contributed by atoms with van der Waals surface area (Å²) in [6, 6.07) is -0.622. The van der Waals surface area contributed by atoms with Gasteiger partial charge in [-0.05, 0) is 57.8 Å². The molecule has 0 heterocycles. The quantitative estimate of drug-likeness (QED) is 0.0320. The van der Waals surface area contributed by atoms with E-state index in [-0.39, 0.29) is 18.5 Å². The van der Waals surface area contributed by atoms with E-state index < -0.39 is 12.1 Å². The molecule has 0 rings (SSSR count). The third-order valence-corrected chi connectivity index (χ3v) is 17.0. The Hall–Kier alpha value is -1.66. The zero-order chi connectivity index (χ0) is 57.1. The first-order chi connectivity index (χ1) is 39.0. The summed E-state index contributed by atoms with van der Waals surface area (Å²) in [6.07, 6.45) is 87.2. The van der Waals surface area contributed by atoms with Crippen LogP contribution < -0.4 is 5.32 Å². The van der Waals surface area contributed by atoms with E-state index in [0.29, 0.717) is 19.4 Å². The second-order valence-electron chi connectivity index (χ2n) is 24.9. The molecule has 79 heavy (non-hydrogen) atoms. The number of unbranched alkanes of at least 4 members (excludes halogenated alkanes) is 55. The first-order valence-corrected chi connectivity index (χ1v) is 36.1. The average molecular weight is 1110 g/mol. The molecule has 0 aromatic rings. The van der Waals surface area contributed by atoms with Gasteiger partial charge in [0.15, 0.2) is 0 Å². The van der Waals surface area contributed by atoms with Gasteiger partial charge in [-0.1, -0.05) is 359 Å². The minimum Gasteiger partial charge on any atom is -0.466 e. The molecule has 0 aliphatic carbocycles. The number of amides is 1. The van der Waals surface area contributed by atoms with Gasteiger partial charge in [0.1, 0.15) is 0 Å². The molecule has 3 N–H and O–H groups in total. The maximum absolute atomic E-state index is 12.4. The molecule has 2 unspecified atom stereocenters. The van der Waals surface area contributed by atoms with Crippen LogP contribution >= 0.6 is 0 Å². The predicted molar refractivity (Wildman–Crippen MR) is 347 cm³/mol. The zero-order valence-corrected chi connectivity index (χ0v) is 53.6. The molecule has 0 aromatic heterocycles. The van der Waals surface area contributed by atoms with Gasteiger partial charge in [-0.25, -0.2) is 0 Å². The smallest absolute Gasteiger partial charge is 0.305 e. The lowest BCUT2D eigenvalue weighted by Crippen LogP contribution is -2.45. The SMILES string of the molecule is CCCCCCCC/C=C\CCCCCCCCCCCC(=O)OCCCCCCCCCCCCCCCCCCCCCCCCCCCCCCCCCCCC(=O)NC(CO)C(O)/C=C/CCCCCCCCCC. The topological polar surface area (TPSA) is 95.9 Å². The molecular weight excluding hydrogens is 971 g/mol. The van der Waals surface area contributed by atoms with Crippen LogP contribution in [0.2, 0.25) is 0 Å². The van der Waals surface area contributed by atoms with Crippen molar-refractivity contribution in [2.75, 3.05) is 13.2 Å². The Morgan fingerprint density at radius 2 is 0.595 bits per heavy atom. The molecule has 0 spiro atoms. The highest BCUT2D eigenvalue weighted by Gasteiger charge is 2.18. The number of ether oxygens (including phenoxy) is 1. The lowest BCUT2D eigenvalue weighted by atomic mass is 10.0. The van der Waals surface area contributed by atoms with E-state index in [9.17, 15) is 19.8 Å². The summed E-state index contributed by atoms with van der Waals surface area (Å²) >= 11 is 0. The van der Waals surface area contributed by atoms with Crippen molar-refractivity contribution in [3.8, 4) is 0 Å². The van der Waals surface area contributed by atoms with Gasteiger partial charge in [-0.3, -0.25) is 9.59 Å². The van der Waals surface area contributed by atoms with Crippen LogP contribution in [-0.4, -0.2) is 47.4 Å². The van der Waals surface area contributed by atoms with Gasteiger partial charge < -0.3 is 20.3 Å². The van der Waals surface area contributed by atoms with E-state index in [1.807, 2.05) is 6.08 Å². The number of hydrogen-bond acceptors (Lipinski definition) is 5. The van der Waals surface area contributed by atoms with E-state index in [1.165, 1.54) is 340 Å². The van der Waals surface area contributed by atoms with Crippen LogP contribution in [0.4, 0.5) is 0 Å². The molecule has 0 bridgehead atoms. The standard InChI is InChI=1S/C73H141NO5/c1-3-5-7-9-11-13-15-16-17-18-34-38-41-44-47-51-55-59-63-67-73(78)79-68-64-60-56-52-48-45-42-39-36-33-31-29-27-25-23-21-19-20-22-24-26-28-30-32-35-37-40-43-46-50-54-58-62-66-72(77)74-70(69-75)71(76)65-61-57-53-49-14-12-10-8-6-4-2/h16-17,61,65,70-71,75-76H,3-15,18-60,62-64,66-69H2,1-2H3,(H,74,77)/b17-16-,65-61+. The Balaban J connectivity index is 3.29. The van der Waals surface area contributed by atoms with Gasteiger partial charge in [0.2, 0.25) is 5.91 Å². The lowest BCUT2D eigenvalue weighted by Gasteiger charge is -2.20. The van der Waals surface area contributed by atoms with Crippen LogP contribution in [0.25, 0.3) is 0 Å². The summed E-state index contributed by atoms with van der Waals surface area (Å²) in [6.45, 7) is 4.91. The summed E-state index contributed by atoms with van der Waals surface area (Å²) in [5, 5.41) is 23.0. The van der Waals surface area contributed by atoms with Gasteiger partial charge in [0.05, 0.1) is 25.4 Å². The van der Waals surface area contributed by atoms with Crippen molar-refractivity contribution >= 4 is 11.9 Å². The van der Waals surface area contributed by atoms with Crippen LogP contribution in [0.1, 0.15) is 406 Å². The van der Waals surface area contributed by atoms with Crippen molar-refractivity contribution in [2.45, 2.75) is 418 Å². The average Bonchev–Trinajstić information content (AvgIpc) is 3.45. The second-order valence-corrected chi connectivity index (χ2v) is 24.9. The van der Waals surface area contributed by atoms with Crippen LogP contribution in [0, 0.1) is 0 Å². The van der Waals surface area contributed by atoms with Crippen molar-refractivity contribution in [3.05, 3.63) is 24.3 Å². The number of aliphatic hydroxyl groups excluding tert-OH is 2. The summed E-state index contributed by atoms with van der Waals surface area (Å²) in [7, 11) is 0. The molecule has 0 saturated carbocycles. The maximum Gasteiger partial charge on any atom is 0.305 e. The highest BCUT2D eigenvalue weighted by molar-refractivity contribution is 5.76. The minimum atomic E-state index is -0.839. The van der Waals surface area contributed by atoms with E-state index in [1.54, 1.807) is 6.08 Å². The molecule has 0 radical (unpaired) electrons. The maximum atomic E-state index is 12.4. The van der Waals surface area contributed by atoms with Crippen LogP contribution in [0.15, 0.2) is 24.3 Å². The molecule has 0 aromatic carbocycles. The number of esters is 1. The second kappa shape index (κ2) is 68.8. The Kier molecular flexibility index (Phi) is 67.4. The first kappa shape index (κ1) is 77.3. The van der Waals surface area contributed by atoms with Gasteiger partial charge in [0, 0.05) is 12.8 Å². The van der Waals surface area contributed by atoms with Crippen LogP contribution in [0.3, 0.4) is 0 Å². The third kappa shape index (κ3) is 65.4. The number of rotatable bonds is 68. The number of carbonyl (C=O) groups excluding carboxylic acids is 2. The summed E-state index contributed by atoms with van der Waals surface area (Å²) in [4.78, 5) is 24.5. The van der Waals surface area contributed by atoms with Crippen molar-refractivity contribution in [1.29, 1.82) is 0 Å². The minimum absolute atomic E-state index is 0.0216. The van der Waals surface area contributed by atoms with E-state index in [4.69, 9.17) is 4.74 Å². The highest BCUT2D eigenvalue weighted by atomic mass is 16.5. The molecule has 0 aliphatic rings. The molecule has 0 aliphatic heterocycles. The Morgan fingerprint density at radius 3 is 0.899 bits per heavy atom. The van der Waals surface area contributed by atoms with E-state index in [2.05, 4.69) is 31.3 Å². The number of carbonyl (C=O) groups is 2. The van der Waals surface area contributed by atoms with Crippen molar-refractivity contribution < 1.29 is 24.5 Å². The fraction of sp³-hybridized carbons (Fsp3) is 0.918. The van der Waals surface area contributed by atoms with Gasteiger partial charge in [-0.15, -0.1) is 0 Å². The van der Waals surface area contributed by atoms with Gasteiger partial charge >= 0.3 is 5.97 Å². The van der Waals surface area contributed by atoms with E-state index in [0.717, 1.165) is 38.5 Å². The summed E-state index contributed by atoms with van der Waals surface area (Å²) in [5.74, 6) is -0.0417. The van der Waals surface area contributed by atoms with Gasteiger partial charge in [-0.2, -0.15) is 0 Å². The van der Waals surface area contributed by atoms with Crippen molar-refractivity contribution in [1.82, 2.24) is 5.32 Å². The normalized spacial score (nSPS) is 12.6. The fourth-order valence-corrected chi connectivity index (χ4v) is 11.5. The number of allylic oxidation sites excluding steroid dienone is 3. The molecule has 0 fully saturated rings. The Bertz CT molecular complexity index is 1230. The molecule has 2 atom stereocenters. The third-order valence-electron chi connectivity index (χ3n) is 17.0. The molecule has 468 valence electrons. The number of hydrogen-bond donors (Lipinski definition) is 3. The molecule has 1 amide bonds. The Labute approximate surface area is 494 Å². The summed E-state index contributed by atoms with van der Waals surface area (Å²) < 4.78 is 5.51. The summed E-state index contributed by atoms with van der Waals surface area (Å²) in [5.41, 5.74) is 0. The predicted octanol–water partition coefficient (Wildman–Crippen LogP) is 23.3. The molecule has 6 nitrogen and oxygen atoms in total. The molecular formula is C73H141NO5. The van der Waals surface area contributed by atoms with E-state index >= 15 is 0 Å². The molecule has 0 saturated heterocycles. The number of aliphatic hydroxyl groups is 2. The largest absolute Gasteiger partial charge is 0.466 e. The number of nitrogens with one attached hydrogen (secondary N) is 1. The lowest BCUT2D eigenvalue weighted by molar-refractivity contribution is -0.143. The van der Waals surface area contributed by atoms with Crippen molar-refractivity contribution in [3.63, 3.8) is 0 Å². The Morgan fingerprint density at radius 1 is 0.342 bits per heavy atom.